The van der Waals surface area contributed by atoms with Crippen LogP contribution in [-0.4, -0.2) is 34.4 Å². The van der Waals surface area contributed by atoms with Crippen LogP contribution in [0.2, 0.25) is 0 Å². The summed E-state index contributed by atoms with van der Waals surface area (Å²) in [5.41, 5.74) is 2.11. The molecular weight excluding hydrogens is 286 g/mol. The van der Waals surface area contributed by atoms with Gasteiger partial charge in [0.15, 0.2) is 0 Å². The molecule has 2 aliphatic rings. The number of hydrogen-bond acceptors (Lipinski definition) is 2. The van der Waals surface area contributed by atoms with Gasteiger partial charge in [-0.1, -0.05) is 25.0 Å². The Labute approximate surface area is 137 Å². The summed E-state index contributed by atoms with van der Waals surface area (Å²) in [7, 11) is 1.96. The Balaban J connectivity index is 1.28. The Kier molecular flexibility index (Phi) is 3.83. The number of fused-ring (bicyclic) bond motifs is 2. The molecule has 122 valence electrons. The molecule has 1 amide bonds. The molecule has 1 N–H and O–H groups in total. The van der Waals surface area contributed by atoms with Gasteiger partial charge in [0.1, 0.15) is 5.82 Å². The summed E-state index contributed by atoms with van der Waals surface area (Å²) in [4.78, 5) is 22.5. The largest absolute Gasteiger partial charge is 0.345 e. The maximum atomic E-state index is 12.6. The van der Waals surface area contributed by atoms with Crippen LogP contribution >= 0.6 is 0 Å². The molecule has 2 saturated carbocycles. The number of aryl methyl sites for hydroxylation is 1. The molecule has 0 bridgehead atoms. The third kappa shape index (κ3) is 2.87. The zero-order chi connectivity index (χ0) is 15.8. The van der Waals surface area contributed by atoms with E-state index in [1.54, 1.807) is 0 Å². The predicted molar refractivity (Wildman–Crippen MR) is 91.0 cm³/mol. The lowest BCUT2D eigenvalue weighted by Crippen LogP contribution is -2.30. The SMILES string of the molecule is CN(CCCc1nc2ccccc2[nH]1)C(=O)C1[C@@H]2CCCC[C@@H]12. The average molecular weight is 311 g/mol. The number of imidazole rings is 1. The van der Waals surface area contributed by atoms with Crippen LogP contribution in [0.25, 0.3) is 11.0 Å². The second-order valence-corrected chi connectivity index (χ2v) is 7.20. The number of nitrogens with one attached hydrogen (secondary N) is 1. The van der Waals surface area contributed by atoms with Crippen LogP contribution in [0.4, 0.5) is 0 Å². The van der Waals surface area contributed by atoms with E-state index < -0.39 is 0 Å². The number of carbonyl (C=O) groups is 1. The van der Waals surface area contributed by atoms with Crippen molar-refractivity contribution in [1.29, 1.82) is 0 Å². The quantitative estimate of drug-likeness (QED) is 0.920. The van der Waals surface area contributed by atoms with Gasteiger partial charge < -0.3 is 9.88 Å². The van der Waals surface area contributed by atoms with Gasteiger partial charge in [0.05, 0.1) is 11.0 Å². The highest BCUT2D eigenvalue weighted by atomic mass is 16.2. The van der Waals surface area contributed by atoms with Crippen molar-refractivity contribution in [1.82, 2.24) is 14.9 Å². The summed E-state index contributed by atoms with van der Waals surface area (Å²) in [6.07, 6.45) is 7.04. The van der Waals surface area contributed by atoms with E-state index in [0.717, 1.165) is 36.2 Å². The second kappa shape index (κ2) is 5.99. The second-order valence-electron chi connectivity index (χ2n) is 7.20. The van der Waals surface area contributed by atoms with Crippen molar-refractivity contribution >= 4 is 16.9 Å². The summed E-state index contributed by atoms with van der Waals surface area (Å²) < 4.78 is 0. The van der Waals surface area contributed by atoms with Gasteiger partial charge in [-0.05, 0) is 43.2 Å². The third-order valence-electron chi connectivity index (χ3n) is 5.66. The van der Waals surface area contributed by atoms with Gasteiger partial charge in [0, 0.05) is 25.9 Å². The van der Waals surface area contributed by atoms with E-state index in [-0.39, 0.29) is 0 Å². The van der Waals surface area contributed by atoms with Crippen molar-refractivity contribution in [2.75, 3.05) is 13.6 Å². The highest BCUT2D eigenvalue weighted by Gasteiger charge is 2.55. The molecular formula is C19H25N3O. The van der Waals surface area contributed by atoms with Crippen molar-refractivity contribution in [3.63, 3.8) is 0 Å². The Hall–Kier alpha value is -1.84. The lowest BCUT2D eigenvalue weighted by Gasteiger charge is -2.17. The lowest BCUT2D eigenvalue weighted by molar-refractivity contribution is -0.131. The van der Waals surface area contributed by atoms with E-state index in [2.05, 4.69) is 16.0 Å². The molecule has 0 saturated heterocycles. The van der Waals surface area contributed by atoms with Crippen LogP contribution in [0, 0.1) is 17.8 Å². The fourth-order valence-corrected chi connectivity index (χ4v) is 4.33. The van der Waals surface area contributed by atoms with E-state index in [1.165, 1.54) is 25.7 Å². The first-order chi connectivity index (χ1) is 11.2. The summed E-state index contributed by atoms with van der Waals surface area (Å²) >= 11 is 0. The summed E-state index contributed by atoms with van der Waals surface area (Å²) in [5.74, 6) is 3.15. The van der Waals surface area contributed by atoms with E-state index in [0.29, 0.717) is 23.7 Å². The first-order valence-corrected chi connectivity index (χ1v) is 8.92. The van der Waals surface area contributed by atoms with Crippen LogP contribution in [0.1, 0.15) is 37.9 Å². The van der Waals surface area contributed by atoms with Crippen molar-refractivity contribution in [2.45, 2.75) is 38.5 Å². The molecule has 2 atom stereocenters. The number of amides is 1. The zero-order valence-corrected chi connectivity index (χ0v) is 13.8. The third-order valence-corrected chi connectivity index (χ3v) is 5.66. The van der Waals surface area contributed by atoms with Gasteiger partial charge in [0.2, 0.25) is 5.91 Å². The van der Waals surface area contributed by atoms with Gasteiger partial charge in [-0.25, -0.2) is 4.98 Å². The van der Waals surface area contributed by atoms with E-state index in [4.69, 9.17) is 0 Å². The summed E-state index contributed by atoms with van der Waals surface area (Å²) in [6, 6.07) is 8.11. The number of rotatable bonds is 5. The van der Waals surface area contributed by atoms with Crippen molar-refractivity contribution < 1.29 is 4.79 Å². The Morgan fingerprint density at radius 2 is 2.00 bits per heavy atom. The van der Waals surface area contributed by atoms with Crippen molar-refractivity contribution in [3.8, 4) is 0 Å². The number of hydrogen-bond donors (Lipinski definition) is 1. The highest BCUT2D eigenvalue weighted by molar-refractivity contribution is 5.82. The molecule has 1 aromatic carbocycles. The smallest absolute Gasteiger partial charge is 0.226 e. The molecule has 4 heteroatoms. The van der Waals surface area contributed by atoms with Crippen LogP contribution < -0.4 is 0 Å². The number of H-pyrrole nitrogens is 1. The van der Waals surface area contributed by atoms with Gasteiger partial charge in [-0.15, -0.1) is 0 Å². The minimum Gasteiger partial charge on any atom is -0.345 e. The maximum absolute atomic E-state index is 12.6. The summed E-state index contributed by atoms with van der Waals surface area (Å²) in [6.45, 7) is 0.825. The minimum atomic E-state index is 0.341. The first kappa shape index (κ1) is 14.7. The zero-order valence-electron chi connectivity index (χ0n) is 13.8. The average Bonchev–Trinajstić information content (AvgIpc) is 3.15. The molecule has 23 heavy (non-hydrogen) atoms. The normalized spacial score (nSPS) is 26.0. The molecule has 0 aliphatic heterocycles. The van der Waals surface area contributed by atoms with E-state index >= 15 is 0 Å². The number of aromatic amines is 1. The lowest BCUT2D eigenvalue weighted by atomic mass is 10.0. The fourth-order valence-electron chi connectivity index (χ4n) is 4.33. The first-order valence-electron chi connectivity index (χ1n) is 8.92. The summed E-state index contributed by atoms with van der Waals surface area (Å²) in [5, 5.41) is 0. The Morgan fingerprint density at radius 3 is 2.74 bits per heavy atom. The Morgan fingerprint density at radius 1 is 1.26 bits per heavy atom. The molecule has 0 radical (unpaired) electrons. The molecule has 4 rings (SSSR count). The van der Waals surface area contributed by atoms with Crippen LogP contribution in [0.3, 0.4) is 0 Å². The highest BCUT2D eigenvalue weighted by Crippen LogP contribution is 2.55. The maximum Gasteiger partial charge on any atom is 0.226 e. The Bertz CT molecular complexity index is 662. The van der Waals surface area contributed by atoms with Gasteiger partial charge in [-0.3, -0.25) is 4.79 Å². The van der Waals surface area contributed by atoms with Crippen LogP contribution in [-0.2, 0) is 11.2 Å². The van der Waals surface area contributed by atoms with Crippen LogP contribution in [0.5, 0.6) is 0 Å². The standard InChI is InChI=1S/C19H25N3O/c1-22(19(23)18-13-7-2-3-8-14(13)18)12-6-11-17-20-15-9-4-5-10-16(15)21-17/h4-5,9-10,13-14,18H,2-3,6-8,11-12H2,1H3,(H,20,21)/t13-,14-/m1/s1. The number of nitrogens with zero attached hydrogens (tertiary/aromatic N) is 2. The molecule has 0 spiro atoms. The van der Waals surface area contributed by atoms with Crippen molar-refractivity contribution in [2.24, 2.45) is 17.8 Å². The topological polar surface area (TPSA) is 49.0 Å². The fraction of sp³-hybridized carbons (Fsp3) is 0.579. The van der Waals surface area contributed by atoms with E-state index in [1.807, 2.05) is 30.1 Å². The van der Waals surface area contributed by atoms with Gasteiger partial charge in [-0.2, -0.15) is 0 Å². The minimum absolute atomic E-state index is 0.341. The molecule has 4 nitrogen and oxygen atoms in total. The molecule has 0 unspecified atom stereocenters. The monoisotopic (exact) mass is 311 g/mol. The van der Waals surface area contributed by atoms with Gasteiger partial charge in [0.25, 0.3) is 0 Å². The van der Waals surface area contributed by atoms with Gasteiger partial charge >= 0.3 is 0 Å². The molecule has 2 aliphatic carbocycles. The van der Waals surface area contributed by atoms with Crippen LogP contribution in [0.15, 0.2) is 24.3 Å². The molecule has 2 fully saturated rings. The van der Waals surface area contributed by atoms with E-state index in [9.17, 15) is 4.79 Å². The molecule has 2 aromatic rings. The molecule has 1 aromatic heterocycles. The predicted octanol–water partition coefficient (Wildman–Crippen LogP) is 3.39. The number of aromatic nitrogens is 2. The van der Waals surface area contributed by atoms with Crippen molar-refractivity contribution in [3.05, 3.63) is 30.1 Å². The number of para-hydroxylation sites is 2. The number of carbonyl (C=O) groups excluding carboxylic acids is 1. The number of benzene rings is 1. The molecule has 1 heterocycles.